The molecule has 0 radical (unpaired) electrons. The van der Waals surface area contributed by atoms with Crippen LogP contribution in [0.3, 0.4) is 0 Å². The highest BCUT2D eigenvalue weighted by Crippen LogP contribution is 2.59. The minimum Gasteiger partial charge on any atom is -0.378 e. The molecule has 6 nitrogen and oxygen atoms in total. The van der Waals surface area contributed by atoms with E-state index in [1.165, 1.54) is 24.8 Å². The van der Waals surface area contributed by atoms with Crippen molar-refractivity contribution in [1.29, 1.82) is 0 Å². The summed E-state index contributed by atoms with van der Waals surface area (Å²) in [5.74, 6) is -0.153. The van der Waals surface area contributed by atoms with Crippen LogP contribution >= 0.6 is 46.6 Å². The zero-order valence-corrected chi connectivity index (χ0v) is 22.2. The number of nitro benzene ring substituents is 1. The number of carbonyl (C=O) groups excluding carboxylic acids is 1. The van der Waals surface area contributed by atoms with Crippen LogP contribution in [0.2, 0.25) is 10.0 Å². The number of nitro groups is 1. The van der Waals surface area contributed by atoms with Crippen molar-refractivity contribution < 1.29 is 9.72 Å². The topological polar surface area (TPSA) is 84.3 Å². The Labute approximate surface area is 227 Å². The number of para-hydroxylation sites is 1. The van der Waals surface area contributed by atoms with Crippen LogP contribution in [-0.2, 0) is 4.79 Å². The number of carbonyl (C=O) groups is 1. The Morgan fingerprint density at radius 1 is 1.11 bits per heavy atom. The molecule has 2 aliphatic rings. The van der Waals surface area contributed by atoms with Gasteiger partial charge in [0, 0.05) is 45.6 Å². The molecule has 1 heterocycles. The molecule has 1 saturated carbocycles. The Kier molecular flexibility index (Phi) is 7.10. The summed E-state index contributed by atoms with van der Waals surface area (Å²) in [7, 11) is 0. The van der Waals surface area contributed by atoms with Gasteiger partial charge in [0.1, 0.15) is 0 Å². The van der Waals surface area contributed by atoms with Gasteiger partial charge >= 0.3 is 0 Å². The molecule has 0 spiro atoms. The molecule has 0 bridgehead atoms. The number of halogens is 3. The summed E-state index contributed by atoms with van der Waals surface area (Å²) in [6.07, 6.45) is 0.718. The van der Waals surface area contributed by atoms with Crippen molar-refractivity contribution in [2.24, 2.45) is 5.92 Å². The highest BCUT2D eigenvalue weighted by molar-refractivity contribution is 8.00. The van der Waals surface area contributed by atoms with Crippen molar-refractivity contribution in [3.63, 3.8) is 0 Å². The quantitative estimate of drug-likeness (QED) is 0.188. The number of nitrogens with one attached hydrogen (secondary N) is 2. The van der Waals surface area contributed by atoms with Gasteiger partial charge in [-0.05, 0) is 59.9 Å². The molecule has 36 heavy (non-hydrogen) atoms. The number of rotatable bonds is 5. The summed E-state index contributed by atoms with van der Waals surface area (Å²) in [5.41, 5.74) is 3.63. The second kappa shape index (κ2) is 10.1. The summed E-state index contributed by atoms with van der Waals surface area (Å²) in [6.45, 7) is 1.47. The van der Waals surface area contributed by atoms with Crippen LogP contribution in [0.1, 0.15) is 36.4 Å². The first-order valence-corrected chi connectivity index (χ1v) is 13.5. The van der Waals surface area contributed by atoms with Crippen LogP contribution in [-0.4, -0.2) is 21.5 Å². The molecule has 0 aromatic heterocycles. The molecular formula is C26H22Cl3N3O3S. The summed E-state index contributed by atoms with van der Waals surface area (Å²) in [5, 5.41) is 18.9. The van der Waals surface area contributed by atoms with Crippen molar-refractivity contribution in [3.8, 4) is 0 Å². The second-order valence-electron chi connectivity index (χ2n) is 9.02. The lowest BCUT2D eigenvalue weighted by Crippen LogP contribution is -2.31. The molecular weight excluding hydrogens is 541 g/mol. The Bertz CT molecular complexity index is 1360. The third kappa shape index (κ3) is 4.77. The average Bonchev–Trinajstić information content (AvgIpc) is 3.15. The third-order valence-corrected chi connectivity index (χ3v) is 9.45. The van der Waals surface area contributed by atoms with Gasteiger partial charge in [-0.1, -0.05) is 41.4 Å². The minimum absolute atomic E-state index is 0.0614. The number of hydrogen-bond acceptors (Lipinski definition) is 5. The van der Waals surface area contributed by atoms with Gasteiger partial charge in [-0.25, -0.2) is 0 Å². The van der Waals surface area contributed by atoms with Crippen LogP contribution in [0, 0.1) is 16.0 Å². The lowest BCUT2D eigenvalue weighted by molar-refractivity contribution is -0.387. The molecule has 10 heteroatoms. The van der Waals surface area contributed by atoms with E-state index in [4.69, 9.17) is 34.8 Å². The maximum Gasteiger partial charge on any atom is 0.282 e. The minimum atomic E-state index is -0.361. The summed E-state index contributed by atoms with van der Waals surface area (Å²) >= 11 is 21.4. The van der Waals surface area contributed by atoms with Crippen molar-refractivity contribution in [3.05, 3.63) is 92.0 Å². The SMILES string of the molecule is CC(=O)Nc1ccc2c(c1)[C@@H]1[C@@H](Cl)[C@@H](Sc3ccccc3[N+](=O)[O-])C[C@H]1[C@H](c1ccc(Cl)cc1Cl)N2. The zero-order valence-electron chi connectivity index (χ0n) is 19.1. The van der Waals surface area contributed by atoms with E-state index in [9.17, 15) is 14.9 Å². The summed E-state index contributed by atoms with van der Waals surface area (Å²) < 4.78 is 0. The predicted octanol–water partition coefficient (Wildman–Crippen LogP) is 7.90. The molecule has 186 valence electrons. The molecule has 1 aliphatic carbocycles. The first-order valence-electron chi connectivity index (χ1n) is 11.4. The van der Waals surface area contributed by atoms with Gasteiger partial charge in [0.05, 0.1) is 21.2 Å². The number of amides is 1. The van der Waals surface area contributed by atoms with Crippen molar-refractivity contribution >= 4 is 69.5 Å². The van der Waals surface area contributed by atoms with Gasteiger partial charge in [0.2, 0.25) is 5.91 Å². The number of hydrogen-bond donors (Lipinski definition) is 2. The highest BCUT2D eigenvalue weighted by Gasteiger charge is 2.50. The molecule has 5 rings (SSSR count). The first kappa shape index (κ1) is 25.2. The fourth-order valence-corrected chi connectivity index (χ4v) is 7.80. The van der Waals surface area contributed by atoms with Crippen LogP contribution in [0.15, 0.2) is 65.6 Å². The molecule has 3 aromatic carbocycles. The van der Waals surface area contributed by atoms with E-state index < -0.39 is 0 Å². The summed E-state index contributed by atoms with van der Waals surface area (Å²) in [4.78, 5) is 23.5. The Morgan fingerprint density at radius 3 is 2.61 bits per heavy atom. The number of alkyl halides is 1. The van der Waals surface area contributed by atoms with Gasteiger partial charge in [0.15, 0.2) is 0 Å². The predicted molar refractivity (Wildman–Crippen MR) is 147 cm³/mol. The number of anilines is 2. The molecule has 0 saturated heterocycles. The lowest BCUT2D eigenvalue weighted by Gasteiger charge is -2.39. The van der Waals surface area contributed by atoms with E-state index in [1.807, 2.05) is 30.3 Å². The van der Waals surface area contributed by atoms with Crippen LogP contribution in [0.4, 0.5) is 17.1 Å². The van der Waals surface area contributed by atoms with E-state index in [1.54, 1.807) is 24.3 Å². The molecule has 1 amide bonds. The number of nitrogens with zero attached hydrogens (tertiary/aromatic N) is 1. The molecule has 2 N–H and O–H groups in total. The molecule has 5 atom stereocenters. The first-order chi connectivity index (χ1) is 17.2. The Balaban J connectivity index is 1.56. The molecule has 1 fully saturated rings. The zero-order chi connectivity index (χ0) is 25.6. The lowest BCUT2D eigenvalue weighted by atomic mass is 9.77. The largest absolute Gasteiger partial charge is 0.378 e. The van der Waals surface area contributed by atoms with Gasteiger partial charge in [0.25, 0.3) is 5.69 Å². The Hall–Kier alpha value is -2.45. The molecule has 0 unspecified atom stereocenters. The average molecular weight is 563 g/mol. The second-order valence-corrected chi connectivity index (χ2v) is 11.7. The van der Waals surface area contributed by atoms with Crippen molar-refractivity contribution in [2.45, 2.75) is 40.8 Å². The Morgan fingerprint density at radius 2 is 1.89 bits per heavy atom. The van der Waals surface area contributed by atoms with Gasteiger partial charge in [-0.15, -0.1) is 23.4 Å². The smallest absolute Gasteiger partial charge is 0.282 e. The van der Waals surface area contributed by atoms with E-state index in [0.29, 0.717) is 20.6 Å². The van der Waals surface area contributed by atoms with E-state index in [-0.39, 0.29) is 45.0 Å². The van der Waals surface area contributed by atoms with E-state index >= 15 is 0 Å². The number of benzene rings is 3. The van der Waals surface area contributed by atoms with Gasteiger partial charge < -0.3 is 10.6 Å². The fourth-order valence-electron chi connectivity index (χ4n) is 5.33. The maximum atomic E-state index is 11.7. The normalized spacial score (nSPS) is 24.4. The van der Waals surface area contributed by atoms with E-state index in [2.05, 4.69) is 10.6 Å². The molecule has 3 aromatic rings. The monoisotopic (exact) mass is 561 g/mol. The highest BCUT2D eigenvalue weighted by atomic mass is 35.5. The number of thioether (sulfide) groups is 1. The van der Waals surface area contributed by atoms with Crippen LogP contribution < -0.4 is 10.6 Å². The standard InChI is InChI=1S/C26H22Cl3N3O3S/c1-13(33)30-15-7-9-20-17(11-15)24-18(26(31-20)16-8-6-14(27)10-19(16)28)12-23(25(24)29)36-22-5-3-2-4-21(22)32(34)35/h2-11,18,23-26,31H,12H2,1H3,(H,30,33)/t18-,23+,24+,25+,26+/m1/s1. The van der Waals surface area contributed by atoms with Crippen LogP contribution in [0.25, 0.3) is 0 Å². The molecule has 1 aliphatic heterocycles. The van der Waals surface area contributed by atoms with Gasteiger partial charge in [-0.3, -0.25) is 14.9 Å². The fraction of sp³-hybridized carbons (Fsp3) is 0.269. The van der Waals surface area contributed by atoms with Crippen LogP contribution in [0.5, 0.6) is 0 Å². The van der Waals surface area contributed by atoms with Gasteiger partial charge in [-0.2, -0.15) is 0 Å². The summed E-state index contributed by atoms with van der Waals surface area (Å²) in [6, 6.07) is 17.9. The third-order valence-electron chi connectivity index (χ3n) is 6.77. The van der Waals surface area contributed by atoms with Crippen molar-refractivity contribution in [1.82, 2.24) is 0 Å². The maximum absolute atomic E-state index is 11.7. The number of fused-ring (bicyclic) bond motifs is 3. The van der Waals surface area contributed by atoms with Crippen molar-refractivity contribution in [2.75, 3.05) is 10.6 Å². The van der Waals surface area contributed by atoms with E-state index in [0.717, 1.165) is 23.2 Å².